The summed E-state index contributed by atoms with van der Waals surface area (Å²) in [5, 5.41) is 0. The van der Waals surface area contributed by atoms with E-state index in [2.05, 4.69) is 4.74 Å². The summed E-state index contributed by atoms with van der Waals surface area (Å²) >= 11 is 0. The molecule has 0 atom stereocenters. The number of unbranched alkanes of at least 4 members (excludes halogenated alkanes) is 2. The predicted octanol–water partition coefficient (Wildman–Crippen LogP) is 3.71. The molecule has 0 amide bonds. The van der Waals surface area contributed by atoms with Gasteiger partial charge < -0.3 is 4.74 Å². The van der Waals surface area contributed by atoms with Gasteiger partial charge in [0.15, 0.2) is 0 Å². The molecule has 0 bridgehead atoms. The first-order valence-corrected chi connectivity index (χ1v) is 5.67. The van der Waals surface area contributed by atoms with E-state index in [9.17, 15) is 13.6 Å². The van der Waals surface area contributed by atoms with Crippen molar-refractivity contribution in [1.29, 1.82) is 0 Å². The largest absolute Gasteiger partial charge is 0.466 e. The molecular weight excluding hydrogens is 214 g/mol. The summed E-state index contributed by atoms with van der Waals surface area (Å²) in [7, 11) is 0. The number of allylic oxidation sites excluding steroid dienone is 2. The number of halogens is 2. The van der Waals surface area contributed by atoms with E-state index in [1.165, 1.54) is 13.0 Å². The van der Waals surface area contributed by atoms with E-state index in [1.54, 1.807) is 0 Å². The van der Waals surface area contributed by atoms with Gasteiger partial charge in [-0.2, -0.15) is 0 Å². The summed E-state index contributed by atoms with van der Waals surface area (Å²) < 4.78 is 30.9. The van der Waals surface area contributed by atoms with Gasteiger partial charge in [0.05, 0.1) is 6.61 Å². The highest BCUT2D eigenvalue weighted by molar-refractivity contribution is 5.65. The van der Waals surface area contributed by atoms with E-state index < -0.39 is 11.9 Å². The lowest BCUT2D eigenvalue weighted by molar-refractivity contribution is -0.141. The summed E-state index contributed by atoms with van der Waals surface area (Å²) in [6.45, 7) is 3.35. The molecule has 16 heavy (non-hydrogen) atoms. The highest BCUT2D eigenvalue weighted by atomic mass is 19.3. The van der Waals surface area contributed by atoms with Gasteiger partial charge in [0.2, 0.25) is 0 Å². The average molecular weight is 234 g/mol. The third-order valence-electron chi connectivity index (χ3n) is 2.05. The first-order chi connectivity index (χ1) is 7.48. The van der Waals surface area contributed by atoms with Crippen LogP contribution in [0, 0.1) is 0 Å². The Morgan fingerprint density at radius 1 is 1.38 bits per heavy atom. The number of hydrogen-bond donors (Lipinski definition) is 0. The number of ether oxygens (including phenoxy) is 1. The highest BCUT2D eigenvalue weighted by Gasteiger charge is 2.23. The van der Waals surface area contributed by atoms with Gasteiger partial charge in [-0.05, 0) is 18.9 Å². The van der Waals surface area contributed by atoms with E-state index in [4.69, 9.17) is 0 Å². The Morgan fingerprint density at radius 2 is 2.06 bits per heavy atom. The Morgan fingerprint density at radius 3 is 2.62 bits per heavy atom. The fourth-order valence-electron chi connectivity index (χ4n) is 1.18. The van der Waals surface area contributed by atoms with E-state index in [-0.39, 0.29) is 19.4 Å². The van der Waals surface area contributed by atoms with Crippen molar-refractivity contribution >= 4 is 5.97 Å². The van der Waals surface area contributed by atoms with Crippen molar-refractivity contribution in [1.82, 2.24) is 0 Å². The molecule has 0 fully saturated rings. The Balaban J connectivity index is 3.68. The molecule has 0 spiro atoms. The average Bonchev–Trinajstić information content (AvgIpc) is 2.19. The van der Waals surface area contributed by atoms with Crippen LogP contribution in [0.2, 0.25) is 0 Å². The van der Waals surface area contributed by atoms with Crippen LogP contribution in [-0.2, 0) is 9.53 Å². The number of hydrogen-bond acceptors (Lipinski definition) is 2. The molecule has 0 aliphatic heterocycles. The van der Waals surface area contributed by atoms with Crippen molar-refractivity contribution in [3.05, 3.63) is 12.2 Å². The van der Waals surface area contributed by atoms with Crippen LogP contribution >= 0.6 is 0 Å². The third-order valence-corrected chi connectivity index (χ3v) is 2.05. The van der Waals surface area contributed by atoms with Crippen LogP contribution in [0.25, 0.3) is 0 Å². The maximum Gasteiger partial charge on any atom is 0.302 e. The lowest BCUT2D eigenvalue weighted by Crippen LogP contribution is -2.13. The van der Waals surface area contributed by atoms with Crippen molar-refractivity contribution in [2.75, 3.05) is 6.61 Å². The second kappa shape index (κ2) is 8.25. The zero-order valence-electron chi connectivity index (χ0n) is 9.97. The standard InChI is InChI=1S/C12H20F2O2/c1-3-4-5-6-8-12(13,14)9-7-10-16-11(2)15/h6,8H,3-5,7,9-10H2,1-2H3/b8-6-. The maximum atomic E-state index is 13.1. The molecule has 0 N–H and O–H groups in total. The van der Waals surface area contributed by atoms with E-state index in [0.717, 1.165) is 18.9 Å². The minimum Gasteiger partial charge on any atom is -0.466 e. The van der Waals surface area contributed by atoms with Crippen LogP contribution < -0.4 is 0 Å². The van der Waals surface area contributed by atoms with Crippen LogP contribution in [0.15, 0.2) is 12.2 Å². The monoisotopic (exact) mass is 234 g/mol. The van der Waals surface area contributed by atoms with Crippen molar-refractivity contribution in [2.24, 2.45) is 0 Å². The van der Waals surface area contributed by atoms with E-state index >= 15 is 0 Å². The summed E-state index contributed by atoms with van der Waals surface area (Å²) in [5.41, 5.74) is 0. The predicted molar refractivity (Wildman–Crippen MR) is 59.5 cm³/mol. The molecule has 0 saturated heterocycles. The fourth-order valence-corrected chi connectivity index (χ4v) is 1.18. The molecule has 0 aromatic heterocycles. The number of alkyl halides is 2. The van der Waals surface area contributed by atoms with Gasteiger partial charge in [-0.3, -0.25) is 4.79 Å². The van der Waals surface area contributed by atoms with Crippen LogP contribution in [0.3, 0.4) is 0 Å². The van der Waals surface area contributed by atoms with Gasteiger partial charge in [-0.1, -0.05) is 25.8 Å². The van der Waals surface area contributed by atoms with Gasteiger partial charge in [0.25, 0.3) is 5.92 Å². The molecule has 94 valence electrons. The summed E-state index contributed by atoms with van der Waals surface area (Å²) in [4.78, 5) is 10.4. The first-order valence-electron chi connectivity index (χ1n) is 5.67. The SMILES string of the molecule is CCCC/C=C\C(F)(F)CCCOC(C)=O. The van der Waals surface area contributed by atoms with Crippen LogP contribution in [-0.4, -0.2) is 18.5 Å². The molecule has 0 aliphatic carbocycles. The molecule has 0 saturated carbocycles. The van der Waals surface area contributed by atoms with Gasteiger partial charge >= 0.3 is 5.97 Å². The summed E-state index contributed by atoms with van der Waals surface area (Å²) in [5.74, 6) is -3.21. The Labute approximate surface area is 95.7 Å². The molecule has 0 radical (unpaired) electrons. The highest BCUT2D eigenvalue weighted by Crippen LogP contribution is 2.22. The van der Waals surface area contributed by atoms with Crippen LogP contribution in [0.1, 0.15) is 46.0 Å². The molecule has 0 aliphatic rings. The number of carbonyl (C=O) groups excluding carboxylic acids is 1. The minimum absolute atomic E-state index is 0.0632. The van der Waals surface area contributed by atoms with Gasteiger partial charge in [0.1, 0.15) is 0 Å². The quantitative estimate of drug-likeness (QED) is 0.363. The molecule has 0 unspecified atom stereocenters. The first kappa shape index (κ1) is 15.1. The maximum absolute atomic E-state index is 13.1. The topological polar surface area (TPSA) is 26.3 Å². The third kappa shape index (κ3) is 9.62. The van der Waals surface area contributed by atoms with Gasteiger partial charge in [-0.15, -0.1) is 0 Å². The zero-order valence-corrected chi connectivity index (χ0v) is 9.97. The number of esters is 1. The fraction of sp³-hybridized carbons (Fsp3) is 0.750. The molecule has 4 heteroatoms. The van der Waals surface area contributed by atoms with Crippen molar-refractivity contribution in [3.8, 4) is 0 Å². The zero-order chi connectivity index (χ0) is 12.4. The molecular formula is C12H20F2O2. The Kier molecular flexibility index (Phi) is 7.77. The smallest absolute Gasteiger partial charge is 0.302 e. The Bertz CT molecular complexity index is 225. The second-order valence-corrected chi connectivity index (χ2v) is 3.75. The lowest BCUT2D eigenvalue weighted by atomic mass is 10.1. The molecule has 0 rings (SSSR count). The van der Waals surface area contributed by atoms with Crippen molar-refractivity contribution < 1.29 is 18.3 Å². The molecule has 0 aromatic rings. The van der Waals surface area contributed by atoms with Gasteiger partial charge in [0, 0.05) is 13.3 Å². The Hall–Kier alpha value is -0.930. The number of rotatable bonds is 8. The normalized spacial score (nSPS) is 12.0. The second-order valence-electron chi connectivity index (χ2n) is 3.75. The summed E-state index contributed by atoms with van der Waals surface area (Å²) in [6, 6.07) is 0. The van der Waals surface area contributed by atoms with E-state index in [0.29, 0.717) is 6.42 Å². The molecule has 0 aromatic carbocycles. The minimum atomic E-state index is -2.78. The van der Waals surface area contributed by atoms with Crippen LogP contribution in [0.4, 0.5) is 8.78 Å². The van der Waals surface area contributed by atoms with Gasteiger partial charge in [-0.25, -0.2) is 8.78 Å². The molecule has 0 heterocycles. The summed E-state index contributed by atoms with van der Waals surface area (Å²) in [6.07, 6.45) is 5.01. The lowest BCUT2D eigenvalue weighted by Gasteiger charge is -2.11. The van der Waals surface area contributed by atoms with Crippen molar-refractivity contribution in [2.45, 2.75) is 51.9 Å². The van der Waals surface area contributed by atoms with Crippen molar-refractivity contribution in [3.63, 3.8) is 0 Å². The van der Waals surface area contributed by atoms with E-state index in [1.807, 2.05) is 6.92 Å². The molecule has 2 nitrogen and oxygen atoms in total. The van der Waals surface area contributed by atoms with Crippen LogP contribution in [0.5, 0.6) is 0 Å². The number of carbonyl (C=O) groups is 1.